The number of carbonyl (C=O) groups is 2. The summed E-state index contributed by atoms with van der Waals surface area (Å²) in [5, 5.41) is 23.2. The van der Waals surface area contributed by atoms with Gasteiger partial charge in [-0.25, -0.2) is 0 Å². The quantitative estimate of drug-likeness (QED) is 0.0321. The summed E-state index contributed by atoms with van der Waals surface area (Å²) in [7, 11) is 0. The van der Waals surface area contributed by atoms with Gasteiger partial charge < -0.3 is 20.3 Å². The second-order valence-electron chi connectivity index (χ2n) is 20.7. The van der Waals surface area contributed by atoms with E-state index in [1.165, 1.54) is 257 Å². The molecule has 1 amide bonds. The predicted molar refractivity (Wildman–Crippen MR) is 292 cm³/mol. The number of aliphatic hydroxyl groups is 2. The molecule has 0 radical (unpaired) electrons. The lowest BCUT2D eigenvalue weighted by Gasteiger charge is -2.20. The molecule has 0 fully saturated rings. The van der Waals surface area contributed by atoms with E-state index in [0.29, 0.717) is 19.4 Å². The predicted octanol–water partition coefficient (Wildman–Crippen LogP) is 18.6. The van der Waals surface area contributed by atoms with Crippen molar-refractivity contribution < 1.29 is 24.5 Å². The summed E-state index contributed by atoms with van der Waals surface area (Å²) in [6, 6.07) is -0.629. The van der Waals surface area contributed by atoms with Crippen LogP contribution in [0.5, 0.6) is 0 Å². The minimum absolute atomic E-state index is 0.000915. The van der Waals surface area contributed by atoms with Crippen LogP contribution < -0.4 is 5.32 Å². The minimum atomic E-state index is -0.846. The van der Waals surface area contributed by atoms with Gasteiger partial charge in [0.15, 0.2) is 0 Å². The number of nitrogens with one attached hydrogen (secondary N) is 1. The van der Waals surface area contributed by atoms with Gasteiger partial charge in [0.1, 0.15) is 0 Å². The summed E-state index contributed by atoms with van der Waals surface area (Å²) in [5.41, 5.74) is 0. The van der Waals surface area contributed by atoms with Gasteiger partial charge in [-0.2, -0.15) is 0 Å². The molecule has 0 rings (SSSR count). The molecule has 0 saturated carbocycles. The fourth-order valence-electron chi connectivity index (χ4n) is 9.34. The van der Waals surface area contributed by atoms with Crippen LogP contribution in [0.25, 0.3) is 0 Å². The van der Waals surface area contributed by atoms with Gasteiger partial charge in [-0.3, -0.25) is 9.59 Å². The first-order valence-electron chi connectivity index (χ1n) is 30.1. The highest BCUT2D eigenvalue weighted by molar-refractivity contribution is 5.76. The number of amides is 1. The van der Waals surface area contributed by atoms with Gasteiger partial charge in [0.25, 0.3) is 0 Å². The van der Waals surface area contributed by atoms with Gasteiger partial charge in [-0.1, -0.05) is 282 Å². The van der Waals surface area contributed by atoms with Crippen molar-refractivity contribution in [2.24, 2.45) is 0 Å². The van der Waals surface area contributed by atoms with Crippen molar-refractivity contribution in [1.82, 2.24) is 5.32 Å². The molecule has 0 spiro atoms. The van der Waals surface area contributed by atoms with Crippen molar-refractivity contribution in [1.29, 1.82) is 0 Å². The largest absolute Gasteiger partial charge is 0.466 e. The second-order valence-corrected chi connectivity index (χ2v) is 20.7. The van der Waals surface area contributed by atoms with Crippen molar-refractivity contribution in [3.8, 4) is 0 Å². The molecule has 0 aliphatic carbocycles. The van der Waals surface area contributed by atoms with Crippen LogP contribution in [0.15, 0.2) is 24.3 Å². The van der Waals surface area contributed by atoms with Gasteiger partial charge in [-0.15, -0.1) is 0 Å². The molecule has 0 aromatic carbocycles. The first kappa shape index (κ1) is 65.3. The molecule has 396 valence electrons. The van der Waals surface area contributed by atoms with Crippen molar-refractivity contribution in [2.45, 2.75) is 341 Å². The van der Waals surface area contributed by atoms with E-state index < -0.39 is 12.1 Å². The Labute approximate surface area is 418 Å². The van der Waals surface area contributed by atoms with Crippen molar-refractivity contribution >= 4 is 11.9 Å². The van der Waals surface area contributed by atoms with E-state index in [1.54, 1.807) is 6.08 Å². The maximum absolute atomic E-state index is 12.5. The van der Waals surface area contributed by atoms with E-state index in [1.807, 2.05) is 6.08 Å². The maximum atomic E-state index is 12.5. The summed E-state index contributed by atoms with van der Waals surface area (Å²) in [6.45, 7) is 4.90. The Balaban J connectivity index is 3.42. The van der Waals surface area contributed by atoms with Crippen molar-refractivity contribution in [2.75, 3.05) is 13.2 Å². The molecular formula is C61H117NO5. The van der Waals surface area contributed by atoms with E-state index in [2.05, 4.69) is 31.3 Å². The molecule has 2 unspecified atom stereocenters. The molecule has 6 heteroatoms. The molecule has 6 nitrogen and oxygen atoms in total. The first-order chi connectivity index (χ1) is 33.0. The molecule has 0 aliphatic heterocycles. The zero-order valence-corrected chi connectivity index (χ0v) is 45.1. The Morgan fingerprint density at radius 2 is 0.701 bits per heavy atom. The molecular weight excluding hydrogens is 827 g/mol. The molecule has 0 bridgehead atoms. The Kier molecular flexibility index (Phi) is 55.5. The van der Waals surface area contributed by atoms with Crippen molar-refractivity contribution in [3.05, 3.63) is 24.3 Å². The summed E-state index contributed by atoms with van der Waals surface area (Å²) in [6.07, 6.45) is 69.2. The molecule has 0 heterocycles. The van der Waals surface area contributed by atoms with E-state index in [0.717, 1.165) is 44.9 Å². The number of unbranched alkanes of at least 4 members (excludes halogenated alkanes) is 43. The van der Waals surface area contributed by atoms with Crippen LogP contribution in [0.1, 0.15) is 328 Å². The Morgan fingerprint density at radius 1 is 0.403 bits per heavy atom. The topological polar surface area (TPSA) is 95.9 Å². The van der Waals surface area contributed by atoms with Crippen LogP contribution in [-0.4, -0.2) is 47.4 Å². The van der Waals surface area contributed by atoms with Gasteiger partial charge in [0.05, 0.1) is 25.4 Å². The number of rotatable bonds is 56. The van der Waals surface area contributed by atoms with E-state index in [-0.39, 0.29) is 18.5 Å². The maximum Gasteiger partial charge on any atom is 0.305 e. The highest BCUT2D eigenvalue weighted by Crippen LogP contribution is 2.17. The Bertz CT molecular complexity index is 1040. The van der Waals surface area contributed by atoms with Crippen LogP contribution in [0, 0.1) is 0 Å². The van der Waals surface area contributed by atoms with Gasteiger partial charge in [-0.05, 0) is 57.8 Å². The number of ether oxygens (including phenoxy) is 1. The van der Waals surface area contributed by atoms with Crippen LogP contribution in [-0.2, 0) is 14.3 Å². The fraction of sp³-hybridized carbons (Fsp3) is 0.902. The highest BCUT2D eigenvalue weighted by Gasteiger charge is 2.18. The fourth-order valence-corrected chi connectivity index (χ4v) is 9.34. The van der Waals surface area contributed by atoms with E-state index >= 15 is 0 Å². The normalized spacial score (nSPS) is 12.7. The zero-order chi connectivity index (χ0) is 48.6. The monoisotopic (exact) mass is 944 g/mol. The number of aliphatic hydroxyl groups excluding tert-OH is 2. The number of carbonyl (C=O) groups excluding carboxylic acids is 2. The smallest absolute Gasteiger partial charge is 0.305 e. The van der Waals surface area contributed by atoms with E-state index in [4.69, 9.17) is 4.74 Å². The van der Waals surface area contributed by atoms with Crippen LogP contribution in [0.4, 0.5) is 0 Å². The lowest BCUT2D eigenvalue weighted by Crippen LogP contribution is -2.45. The first-order valence-corrected chi connectivity index (χ1v) is 30.1. The summed E-state index contributed by atoms with van der Waals surface area (Å²) < 4.78 is 5.47. The number of hydrogen-bond acceptors (Lipinski definition) is 5. The van der Waals surface area contributed by atoms with Gasteiger partial charge in [0.2, 0.25) is 5.91 Å². The Hall–Kier alpha value is -1.66. The molecule has 0 aromatic rings. The summed E-state index contributed by atoms with van der Waals surface area (Å²) in [5.74, 6) is -0.0670. The van der Waals surface area contributed by atoms with Gasteiger partial charge in [0, 0.05) is 12.8 Å². The minimum Gasteiger partial charge on any atom is -0.466 e. The molecule has 0 aliphatic rings. The third-order valence-corrected chi connectivity index (χ3v) is 14.0. The Morgan fingerprint density at radius 3 is 1.07 bits per heavy atom. The lowest BCUT2D eigenvalue weighted by molar-refractivity contribution is -0.143. The number of esters is 1. The average molecular weight is 945 g/mol. The van der Waals surface area contributed by atoms with Crippen LogP contribution in [0.3, 0.4) is 0 Å². The third kappa shape index (κ3) is 53.5. The molecule has 0 saturated heterocycles. The number of allylic oxidation sites excluding steroid dienone is 3. The number of hydrogen-bond donors (Lipinski definition) is 3. The second kappa shape index (κ2) is 56.9. The molecule has 3 N–H and O–H groups in total. The molecule has 2 atom stereocenters. The third-order valence-electron chi connectivity index (χ3n) is 14.0. The molecule has 0 aromatic heterocycles. The van der Waals surface area contributed by atoms with Crippen molar-refractivity contribution in [3.63, 3.8) is 0 Å². The summed E-state index contributed by atoms with van der Waals surface area (Å²) in [4.78, 5) is 24.5. The van der Waals surface area contributed by atoms with Gasteiger partial charge >= 0.3 is 5.97 Å². The van der Waals surface area contributed by atoms with Crippen LogP contribution >= 0.6 is 0 Å². The van der Waals surface area contributed by atoms with Crippen LogP contribution in [0.2, 0.25) is 0 Å². The summed E-state index contributed by atoms with van der Waals surface area (Å²) >= 11 is 0. The van der Waals surface area contributed by atoms with E-state index in [9.17, 15) is 19.8 Å². The standard InChI is InChI=1S/C61H117NO5/c1-3-5-7-9-11-13-15-17-18-23-26-30-33-37-41-45-49-53-59(64)58(57-63)62-60(65)54-50-46-42-38-34-31-27-24-21-19-20-22-25-28-32-36-40-44-48-52-56-67-61(66)55-51-47-43-39-35-29-16-14-12-10-8-6-4-2/h14,16,49,53,58-59,63-64H,3-13,15,17-48,50-52,54-57H2,1-2H3,(H,62,65)/b16-14-,53-49+. The zero-order valence-electron chi connectivity index (χ0n) is 45.1. The SMILES string of the molecule is CCCCCC/C=C\CCCCCCCC(=O)OCCCCCCCCCCCCCCCCCCCCCCC(=O)NC(CO)C(O)/C=C/CCCCCCCCCCCCCCCCC. The lowest BCUT2D eigenvalue weighted by atomic mass is 10.0. The average Bonchev–Trinajstić information content (AvgIpc) is 3.33. The molecule has 67 heavy (non-hydrogen) atoms. The highest BCUT2D eigenvalue weighted by atomic mass is 16.5.